The minimum atomic E-state index is -4.00. The molecule has 4 aromatic rings. The van der Waals surface area contributed by atoms with Gasteiger partial charge >= 0.3 is 6.03 Å². The standard InChI is InChI=1S/C30H29ClN4O4S/c1-34-17-15-26-25-13-6-21(20-4-5-20)18-27(25)35(28(26)29(34)36)23-9-2-19(3-10-23)14-16-32-30(37)33-40(38,39)24-11-7-22(31)8-12-24/h2-3,6-13,18,20H,4-5,14-17H2,1H3,(H2,32,33,37). The molecule has 2 heterocycles. The Morgan fingerprint density at radius 2 is 1.75 bits per heavy atom. The molecule has 206 valence electrons. The topological polar surface area (TPSA) is 101 Å². The average molecular weight is 577 g/mol. The SMILES string of the molecule is CN1CCc2c(n(-c3ccc(CCNC(=O)NS(=O)(=O)c4ccc(Cl)cc4)cc3)c3cc(C4CC4)ccc23)C1=O. The molecule has 1 aromatic heterocycles. The third-order valence-corrected chi connectivity index (χ3v) is 9.24. The van der Waals surface area contributed by atoms with Gasteiger partial charge in [0, 0.05) is 36.2 Å². The fraction of sp³-hybridized carbons (Fsp3) is 0.267. The number of nitrogens with one attached hydrogen (secondary N) is 2. The van der Waals surface area contributed by atoms with Crippen LogP contribution >= 0.6 is 11.6 Å². The Morgan fingerprint density at radius 1 is 1.02 bits per heavy atom. The zero-order chi connectivity index (χ0) is 28.0. The summed E-state index contributed by atoms with van der Waals surface area (Å²) in [6, 6.07) is 19.3. The van der Waals surface area contributed by atoms with E-state index in [1.807, 2.05) is 36.0 Å². The lowest BCUT2D eigenvalue weighted by Gasteiger charge is -2.24. The van der Waals surface area contributed by atoms with Crippen LogP contribution in [0.15, 0.2) is 71.6 Å². The Bertz CT molecular complexity index is 1730. The van der Waals surface area contributed by atoms with Crippen LogP contribution in [0.5, 0.6) is 0 Å². The monoisotopic (exact) mass is 576 g/mol. The van der Waals surface area contributed by atoms with Crippen LogP contribution < -0.4 is 10.0 Å². The Morgan fingerprint density at radius 3 is 2.45 bits per heavy atom. The second kappa shape index (κ2) is 10.3. The van der Waals surface area contributed by atoms with Crippen molar-refractivity contribution < 1.29 is 18.0 Å². The molecule has 0 unspecified atom stereocenters. The summed E-state index contributed by atoms with van der Waals surface area (Å²) in [5.74, 6) is 0.634. The fourth-order valence-corrected chi connectivity index (χ4v) is 6.37. The first kappa shape index (κ1) is 26.4. The van der Waals surface area contributed by atoms with E-state index < -0.39 is 16.1 Å². The molecule has 1 aliphatic heterocycles. The van der Waals surface area contributed by atoms with E-state index in [0.29, 0.717) is 23.9 Å². The third kappa shape index (κ3) is 5.07. The smallest absolute Gasteiger partial charge is 0.328 e. The molecule has 3 amide bonds. The summed E-state index contributed by atoms with van der Waals surface area (Å²) in [6.07, 6.45) is 3.75. The summed E-state index contributed by atoms with van der Waals surface area (Å²) in [7, 11) is -2.15. The summed E-state index contributed by atoms with van der Waals surface area (Å²) >= 11 is 5.81. The molecular weight excluding hydrogens is 548 g/mol. The number of hydrogen-bond acceptors (Lipinski definition) is 4. The Kier molecular flexibility index (Phi) is 6.80. The lowest BCUT2D eigenvalue weighted by Crippen LogP contribution is -2.40. The zero-order valence-electron chi connectivity index (χ0n) is 22.0. The van der Waals surface area contributed by atoms with Crippen molar-refractivity contribution in [2.24, 2.45) is 0 Å². The number of likely N-dealkylation sites (N-methyl/N-ethyl adjacent to an activating group) is 1. The number of sulfonamides is 1. The van der Waals surface area contributed by atoms with Gasteiger partial charge in [-0.2, -0.15) is 0 Å². The highest BCUT2D eigenvalue weighted by molar-refractivity contribution is 7.90. The predicted octanol–water partition coefficient (Wildman–Crippen LogP) is 5.02. The first-order valence-corrected chi connectivity index (χ1v) is 15.2. The summed E-state index contributed by atoms with van der Waals surface area (Å²) < 4.78 is 28.9. The van der Waals surface area contributed by atoms with Crippen molar-refractivity contribution in [2.75, 3.05) is 20.1 Å². The van der Waals surface area contributed by atoms with Crippen LogP contribution in [0.4, 0.5) is 4.79 Å². The highest BCUT2D eigenvalue weighted by Gasteiger charge is 2.31. The fourth-order valence-electron chi connectivity index (χ4n) is 5.31. The van der Waals surface area contributed by atoms with Gasteiger partial charge < -0.3 is 14.8 Å². The third-order valence-electron chi connectivity index (χ3n) is 7.64. The molecular formula is C30H29ClN4O4S. The minimum absolute atomic E-state index is 0.0262. The van der Waals surface area contributed by atoms with Crippen LogP contribution in [-0.2, 0) is 22.9 Å². The van der Waals surface area contributed by atoms with Crippen molar-refractivity contribution in [2.45, 2.75) is 36.5 Å². The van der Waals surface area contributed by atoms with E-state index in [4.69, 9.17) is 11.6 Å². The number of rotatable bonds is 7. The Labute approximate surface area is 238 Å². The van der Waals surface area contributed by atoms with Crippen LogP contribution in [0.2, 0.25) is 5.02 Å². The Balaban J connectivity index is 1.18. The summed E-state index contributed by atoms with van der Waals surface area (Å²) in [5, 5.41) is 4.14. The number of aromatic nitrogens is 1. The highest BCUT2D eigenvalue weighted by atomic mass is 35.5. The van der Waals surface area contributed by atoms with Crippen LogP contribution in [0.1, 0.15) is 45.9 Å². The van der Waals surface area contributed by atoms with E-state index >= 15 is 0 Å². The number of urea groups is 1. The second-order valence-corrected chi connectivity index (χ2v) is 12.5. The molecule has 6 rings (SSSR count). The molecule has 0 bridgehead atoms. The van der Waals surface area contributed by atoms with Gasteiger partial charge in [0.1, 0.15) is 5.69 Å². The van der Waals surface area contributed by atoms with E-state index in [1.165, 1.54) is 42.7 Å². The van der Waals surface area contributed by atoms with Crippen molar-refractivity contribution >= 4 is 44.5 Å². The molecule has 1 aliphatic carbocycles. The molecule has 2 N–H and O–H groups in total. The maximum atomic E-state index is 13.3. The van der Waals surface area contributed by atoms with E-state index in [9.17, 15) is 18.0 Å². The molecule has 1 fully saturated rings. The molecule has 0 radical (unpaired) electrons. The average Bonchev–Trinajstić information content (AvgIpc) is 3.73. The maximum absolute atomic E-state index is 13.3. The Hall–Kier alpha value is -3.82. The number of amides is 3. The van der Waals surface area contributed by atoms with Gasteiger partial charge in [-0.05, 0) is 90.8 Å². The van der Waals surface area contributed by atoms with Crippen molar-refractivity contribution in [3.8, 4) is 5.69 Å². The maximum Gasteiger partial charge on any atom is 0.328 e. The van der Waals surface area contributed by atoms with Gasteiger partial charge in [0.05, 0.1) is 10.4 Å². The summed E-state index contributed by atoms with van der Waals surface area (Å²) in [6.45, 7) is 0.951. The lowest BCUT2D eigenvalue weighted by molar-refractivity contribution is 0.0773. The van der Waals surface area contributed by atoms with Gasteiger partial charge in [0.15, 0.2) is 0 Å². The lowest BCUT2D eigenvalue weighted by atomic mass is 10.0. The molecule has 0 atom stereocenters. The molecule has 3 aromatic carbocycles. The number of halogens is 1. The molecule has 0 spiro atoms. The van der Waals surface area contributed by atoms with Crippen LogP contribution in [0.3, 0.4) is 0 Å². The molecule has 8 nitrogen and oxygen atoms in total. The van der Waals surface area contributed by atoms with Gasteiger partial charge in [-0.25, -0.2) is 17.9 Å². The minimum Gasteiger partial charge on any atom is -0.340 e. The van der Waals surface area contributed by atoms with E-state index in [-0.39, 0.29) is 17.3 Å². The van der Waals surface area contributed by atoms with Crippen molar-refractivity contribution in [3.05, 3.63) is 94.1 Å². The van der Waals surface area contributed by atoms with Crippen molar-refractivity contribution in [3.63, 3.8) is 0 Å². The van der Waals surface area contributed by atoms with Crippen molar-refractivity contribution in [1.29, 1.82) is 0 Å². The van der Waals surface area contributed by atoms with Crippen LogP contribution in [0, 0.1) is 0 Å². The van der Waals surface area contributed by atoms with Crippen LogP contribution in [-0.4, -0.2) is 50.0 Å². The number of benzene rings is 3. The molecule has 1 saturated carbocycles. The van der Waals surface area contributed by atoms with Gasteiger partial charge in [-0.15, -0.1) is 0 Å². The number of carbonyl (C=O) groups excluding carboxylic acids is 2. The highest BCUT2D eigenvalue weighted by Crippen LogP contribution is 2.42. The second-order valence-electron chi connectivity index (χ2n) is 10.4. The summed E-state index contributed by atoms with van der Waals surface area (Å²) in [5.41, 5.74) is 6.09. The van der Waals surface area contributed by atoms with E-state index in [0.717, 1.165) is 39.8 Å². The summed E-state index contributed by atoms with van der Waals surface area (Å²) in [4.78, 5) is 27.3. The zero-order valence-corrected chi connectivity index (χ0v) is 23.6. The number of nitrogens with zero attached hydrogens (tertiary/aromatic N) is 2. The van der Waals surface area contributed by atoms with E-state index in [2.05, 4.69) is 28.1 Å². The van der Waals surface area contributed by atoms with Gasteiger partial charge in [0.2, 0.25) is 0 Å². The normalized spacial score (nSPS) is 15.2. The number of carbonyl (C=O) groups is 2. The number of fused-ring (bicyclic) bond motifs is 3. The van der Waals surface area contributed by atoms with Crippen molar-refractivity contribution in [1.82, 2.24) is 19.5 Å². The largest absolute Gasteiger partial charge is 0.340 e. The van der Waals surface area contributed by atoms with Gasteiger partial charge in [-0.1, -0.05) is 35.9 Å². The first-order valence-electron chi connectivity index (χ1n) is 13.3. The molecule has 0 saturated heterocycles. The van der Waals surface area contributed by atoms with Gasteiger partial charge in [0.25, 0.3) is 15.9 Å². The predicted molar refractivity (Wildman–Crippen MR) is 155 cm³/mol. The first-order chi connectivity index (χ1) is 19.2. The van der Waals surface area contributed by atoms with Crippen LogP contribution in [0.25, 0.3) is 16.6 Å². The molecule has 10 heteroatoms. The molecule has 40 heavy (non-hydrogen) atoms. The molecule has 2 aliphatic rings. The number of hydrogen-bond donors (Lipinski definition) is 2. The quantitative estimate of drug-likeness (QED) is 0.323. The van der Waals surface area contributed by atoms with Gasteiger partial charge in [-0.3, -0.25) is 4.79 Å². The van der Waals surface area contributed by atoms with E-state index in [1.54, 1.807) is 4.90 Å².